The summed E-state index contributed by atoms with van der Waals surface area (Å²) in [6.07, 6.45) is 10.4. The zero-order valence-corrected chi connectivity index (χ0v) is 16.8. The molecule has 26 heavy (non-hydrogen) atoms. The Bertz CT molecular complexity index is 668. The predicted octanol–water partition coefficient (Wildman–Crippen LogP) is 6.08. The van der Waals surface area contributed by atoms with Crippen LogP contribution >= 0.6 is 12.2 Å². The van der Waals surface area contributed by atoms with Crippen molar-refractivity contribution in [3.05, 3.63) is 41.2 Å². The zero-order valence-electron chi connectivity index (χ0n) is 16.0. The largest absolute Gasteiger partial charge is 0.335 e. The fourth-order valence-corrected chi connectivity index (χ4v) is 3.76. The standard InChI is InChI=1S/C22H30FNOS/c1-3-5-6-7-8-14-24-21(16-19(25)10-9-11-22(24)26)20-15-18(23)13-12-17(20)4-2/h12-13,15-16H,3-11,14H2,1-2H3. The third kappa shape index (κ3) is 5.73. The molecule has 0 N–H and O–H groups in total. The lowest BCUT2D eigenvalue weighted by atomic mass is 9.97. The number of nitrogens with zero attached hydrogens (tertiary/aromatic N) is 1. The Kier molecular flexibility index (Phi) is 8.43. The highest BCUT2D eigenvalue weighted by atomic mass is 32.1. The second-order valence-electron chi connectivity index (χ2n) is 6.96. The summed E-state index contributed by atoms with van der Waals surface area (Å²) in [5.74, 6) is -0.175. The van der Waals surface area contributed by atoms with Gasteiger partial charge in [-0.2, -0.15) is 0 Å². The molecule has 0 aromatic heterocycles. The highest BCUT2D eigenvalue weighted by Gasteiger charge is 2.22. The van der Waals surface area contributed by atoms with Gasteiger partial charge in [0, 0.05) is 24.6 Å². The summed E-state index contributed by atoms with van der Waals surface area (Å²) >= 11 is 5.68. The SMILES string of the molecule is CCCCCCCN1C(=S)CCCC(=O)C=C1c1cc(F)ccc1CC. The van der Waals surface area contributed by atoms with Crippen LogP contribution in [-0.4, -0.2) is 22.2 Å². The zero-order chi connectivity index (χ0) is 18.9. The smallest absolute Gasteiger partial charge is 0.157 e. The summed E-state index contributed by atoms with van der Waals surface area (Å²) in [6, 6.07) is 4.85. The molecule has 4 heteroatoms. The molecule has 2 nitrogen and oxygen atoms in total. The second-order valence-corrected chi connectivity index (χ2v) is 7.44. The van der Waals surface area contributed by atoms with Crippen molar-refractivity contribution in [2.45, 2.75) is 71.6 Å². The van der Waals surface area contributed by atoms with Crippen molar-refractivity contribution >= 4 is 28.7 Å². The van der Waals surface area contributed by atoms with Gasteiger partial charge in [0.25, 0.3) is 0 Å². The molecule has 0 aliphatic carbocycles. The van der Waals surface area contributed by atoms with Gasteiger partial charge in [-0.1, -0.05) is 57.8 Å². The van der Waals surface area contributed by atoms with Crippen LogP contribution in [0.3, 0.4) is 0 Å². The minimum Gasteiger partial charge on any atom is -0.335 e. The number of thiocarbonyl (C=S) groups is 1. The summed E-state index contributed by atoms with van der Waals surface area (Å²) in [5, 5.41) is 0. The van der Waals surface area contributed by atoms with Gasteiger partial charge in [-0.15, -0.1) is 0 Å². The van der Waals surface area contributed by atoms with Crippen LogP contribution in [0.25, 0.3) is 5.70 Å². The van der Waals surface area contributed by atoms with Gasteiger partial charge < -0.3 is 4.90 Å². The number of carbonyl (C=O) groups excluding carboxylic acids is 1. The molecule has 0 unspecified atom stereocenters. The van der Waals surface area contributed by atoms with Crippen molar-refractivity contribution in [3.8, 4) is 0 Å². The van der Waals surface area contributed by atoms with Crippen molar-refractivity contribution in [3.63, 3.8) is 0 Å². The Morgan fingerprint density at radius 1 is 1.12 bits per heavy atom. The third-order valence-corrected chi connectivity index (χ3v) is 5.34. The number of unbranched alkanes of at least 4 members (excludes halogenated alkanes) is 4. The number of ketones is 1. The first-order valence-corrected chi connectivity index (χ1v) is 10.3. The summed E-state index contributed by atoms with van der Waals surface area (Å²) in [7, 11) is 0. The topological polar surface area (TPSA) is 20.3 Å². The van der Waals surface area contributed by atoms with Gasteiger partial charge in [-0.3, -0.25) is 4.79 Å². The minimum atomic E-state index is -0.276. The maximum absolute atomic E-state index is 14.0. The Morgan fingerprint density at radius 2 is 1.88 bits per heavy atom. The van der Waals surface area contributed by atoms with Crippen molar-refractivity contribution in [1.82, 2.24) is 4.90 Å². The average molecular weight is 376 g/mol. The quantitative estimate of drug-likeness (QED) is 0.405. The lowest BCUT2D eigenvalue weighted by Crippen LogP contribution is -2.31. The number of hydrogen-bond acceptors (Lipinski definition) is 2. The molecule has 0 spiro atoms. The van der Waals surface area contributed by atoms with Crippen LogP contribution in [0.5, 0.6) is 0 Å². The van der Waals surface area contributed by atoms with Crippen LogP contribution in [0, 0.1) is 5.82 Å². The summed E-state index contributed by atoms with van der Waals surface area (Å²) < 4.78 is 14.0. The summed E-state index contributed by atoms with van der Waals surface area (Å²) in [5.41, 5.74) is 2.63. The highest BCUT2D eigenvalue weighted by molar-refractivity contribution is 7.80. The predicted molar refractivity (Wildman–Crippen MR) is 111 cm³/mol. The number of aryl methyl sites for hydroxylation is 1. The molecule has 0 fully saturated rings. The molecule has 0 radical (unpaired) electrons. The van der Waals surface area contributed by atoms with E-state index in [4.69, 9.17) is 12.2 Å². The van der Waals surface area contributed by atoms with Crippen molar-refractivity contribution in [2.24, 2.45) is 0 Å². The molecular formula is C22H30FNOS. The fraction of sp³-hybridized carbons (Fsp3) is 0.545. The molecule has 0 bridgehead atoms. The van der Waals surface area contributed by atoms with Gasteiger partial charge in [0.15, 0.2) is 5.78 Å². The molecule has 1 aliphatic heterocycles. The molecule has 1 aromatic rings. The molecule has 2 rings (SSSR count). The Morgan fingerprint density at radius 3 is 2.62 bits per heavy atom. The molecular weight excluding hydrogens is 345 g/mol. The molecule has 1 aliphatic rings. The van der Waals surface area contributed by atoms with E-state index < -0.39 is 0 Å². The number of benzene rings is 1. The first-order chi connectivity index (χ1) is 12.6. The van der Waals surface area contributed by atoms with E-state index in [2.05, 4.69) is 18.7 Å². The monoisotopic (exact) mass is 375 g/mol. The van der Waals surface area contributed by atoms with Crippen molar-refractivity contribution < 1.29 is 9.18 Å². The minimum absolute atomic E-state index is 0.102. The van der Waals surface area contributed by atoms with Crippen LogP contribution < -0.4 is 0 Å². The highest BCUT2D eigenvalue weighted by Crippen LogP contribution is 2.28. The number of carbonyl (C=O) groups is 1. The van der Waals surface area contributed by atoms with Gasteiger partial charge in [0.1, 0.15) is 5.82 Å². The van der Waals surface area contributed by atoms with E-state index in [0.717, 1.165) is 60.5 Å². The third-order valence-electron chi connectivity index (χ3n) is 4.92. The number of rotatable bonds is 8. The average Bonchev–Trinajstić information content (AvgIpc) is 2.62. The van der Waals surface area contributed by atoms with E-state index in [1.807, 2.05) is 6.07 Å². The van der Waals surface area contributed by atoms with Gasteiger partial charge in [0.05, 0.1) is 10.7 Å². The van der Waals surface area contributed by atoms with Gasteiger partial charge in [-0.05, 0) is 43.4 Å². The Balaban J connectivity index is 2.34. The lowest BCUT2D eigenvalue weighted by molar-refractivity contribution is -0.114. The normalized spacial score (nSPS) is 15.7. The molecule has 1 aromatic carbocycles. The maximum Gasteiger partial charge on any atom is 0.157 e. The fourth-order valence-electron chi connectivity index (χ4n) is 3.42. The van der Waals surface area contributed by atoms with Crippen molar-refractivity contribution in [1.29, 1.82) is 0 Å². The first-order valence-electron chi connectivity index (χ1n) is 9.90. The molecule has 0 saturated heterocycles. The van der Waals surface area contributed by atoms with E-state index in [0.29, 0.717) is 6.42 Å². The Hall–Kier alpha value is -1.55. The summed E-state index contributed by atoms with van der Waals surface area (Å²) in [6.45, 7) is 5.05. The molecule has 142 valence electrons. The van der Waals surface area contributed by atoms with Crippen LogP contribution in [0.15, 0.2) is 24.3 Å². The van der Waals surface area contributed by atoms with E-state index in [1.54, 1.807) is 12.1 Å². The maximum atomic E-state index is 14.0. The number of hydrogen-bond donors (Lipinski definition) is 0. The van der Waals surface area contributed by atoms with Crippen LogP contribution in [0.2, 0.25) is 0 Å². The van der Waals surface area contributed by atoms with Crippen molar-refractivity contribution in [2.75, 3.05) is 6.54 Å². The van der Waals surface area contributed by atoms with Gasteiger partial charge in [0.2, 0.25) is 0 Å². The number of allylic oxidation sites excluding steroid dienone is 1. The molecule has 1 heterocycles. The number of halogens is 1. The van der Waals surface area contributed by atoms with E-state index in [1.165, 1.54) is 25.3 Å². The summed E-state index contributed by atoms with van der Waals surface area (Å²) in [4.78, 5) is 15.3. The molecule has 0 amide bonds. The van der Waals surface area contributed by atoms with E-state index >= 15 is 0 Å². The molecule has 0 atom stereocenters. The molecule has 0 saturated carbocycles. The Labute approximate surface area is 162 Å². The second kappa shape index (κ2) is 10.6. The lowest BCUT2D eigenvalue weighted by Gasteiger charge is -2.31. The van der Waals surface area contributed by atoms with E-state index in [9.17, 15) is 9.18 Å². The van der Waals surface area contributed by atoms with E-state index in [-0.39, 0.29) is 11.6 Å². The van der Waals surface area contributed by atoms with Gasteiger partial charge >= 0.3 is 0 Å². The van der Waals surface area contributed by atoms with Crippen LogP contribution in [0.1, 0.15) is 76.3 Å². The first kappa shape index (κ1) is 20.8. The van der Waals surface area contributed by atoms with Crippen LogP contribution in [0.4, 0.5) is 4.39 Å². The van der Waals surface area contributed by atoms with Crippen LogP contribution in [-0.2, 0) is 11.2 Å². The van der Waals surface area contributed by atoms with Gasteiger partial charge in [-0.25, -0.2) is 4.39 Å².